The summed E-state index contributed by atoms with van der Waals surface area (Å²) in [7, 11) is 0. The molecule has 0 atom stereocenters. The summed E-state index contributed by atoms with van der Waals surface area (Å²) in [5.41, 5.74) is 4.15. The van der Waals surface area contributed by atoms with Gasteiger partial charge in [-0.25, -0.2) is 4.99 Å². The van der Waals surface area contributed by atoms with E-state index in [1.54, 1.807) is 11.8 Å². The molecule has 2 aliphatic rings. The van der Waals surface area contributed by atoms with Gasteiger partial charge in [-0.1, -0.05) is 61.9 Å². The maximum absolute atomic E-state index is 12.5. The molecule has 1 aliphatic carbocycles. The van der Waals surface area contributed by atoms with Crippen LogP contribution in [0.1, 0.15) is 56.6 Å². The van der Waals surface area contributed by atoms with Crippen molar-refractivity contribution in [1.29, 1.82) is 0 Å². The van der Waals surface area contributed by atoms with Crippen LogP contribution < -0.4 is 10.6 Å². The zero-order chi connectivity index (χ0) is 20.1. The topological polar surface area (TPSA) is 53.5 Å². The Labute approximate surface area is 177 Å². The van der Waals surface area contributed by atoms with E-state index in [1.807, 2.05) is 18.2 Å². The standard InChI is InChI=1S/C24H29N3OS/c1-2-18-11-13-19(14-12-18)25-22(28)17-29-23-20-9-5-6-10-21(20)26-24(27-23)15-7-3-4-8-16-24/h5-6,9-14,26H,2-4,7-8,15-17H2,1H3,(H,25,28). The van der Waals surface area contributed by atoms with E-state index in [9.17, 15) is 4.79 Å². The number of amides is 1. The average Bonchev–Trinajstić information content (AvgIpc) is 2.97. The first kappa shape index (κ1) is 20.0. The van der Waals surface area contributed by atoms with Crippen molar-refractivity contribution in [3.8, 4) is 0 Å². The number of hydrogen-bond acceptors (Lipinski definition) is 4. The van der Waals surface area contributed by atoms with Gasteiger partial charge in [0.05, 0.1) is 5.75 Å². The number of hydrogen-bond donors (Lipinski definition) is 2. The molecular formula is C24H29N3OS. The number of rotatable bonds is 4. The number of aliphatic imine (C=N–C) groups is 1. The smallest absolute Gasteiger partial charge is 0.234 e. The van der Waals surface area contributed by atoms with Crippen molar-refractivity contribution in [2.75, 3.05) is 16.4 Å². The highest BCUT2D eigenvalue weighted by molar-refractivity contribution is 8.15. The summed E-state index contributed by atoms with van der Waals surface area (Å²) in [5.74, 6) is 0.367. The molecule has 2 aromatic carbocycles. The molecule has 4 nitrogen and oxygen atoms in total. The van der Waals surface area contributed by atoms with Crippen molar-refractivity contribution in [1.82, 2.24) is 0 Å². The van der Waals surface area contributed by atoms with E-state index in [0.29, 0.717) is 5.75 Å². The monoisotopic (exact) mass is 407 g/mol. The maximum atomic E-state index is 12.5. The predicted molar refractivity (Wildman–Crippen MR) is 124 cm³/mol. The van der Waals surface area contributed by atoms with Gasteiger partial charge in [-0.3, -0.25) is 4.79 Å². The van der Waals surface area contributed by atoms with Crippen molar-refractivity contribution < 1.29 is 4.79 Å². The Kier molecular flexibility index (Phi) is 6.24. The number of nitrogens with one attached hydrogen (secondary N) is 2. The molecule has 1 amide bonds. The number of benzene rings is 2. The lowest BCUT2D eigenvalue weighted by Gasteiger charge is -2.36. The first-order valence-corrected chi connectivity index (χ1v) is 11.6. The molecule has 2 N–H and O–H groups in total. The van der Waals surface area contributed by atoms with Gasteiger partial charge in [0, 0.05) is 16.9 Å². The Balaban J connectivity index is 1.47. The molecule has 0 radical (unpaired) electrons. The minimum absolute atomic E-state index is 0.00730. The summed E-state index contributed by atoms with van der Waals surface area (Å²) in [4.78, 5) is 17.7. The van der Waals surface area contributed by atoms with Crippen molar-refractivity contribution in [3.05, 3.63) is 59.7 Å². The number of carbonyl (C=O) groups is 1. The van der Waals surface area contributed by atoms with E-state index in [1.165, 1.54) is 31.2 Å². The van der Waals surface area contributed by atoms with E-state index >= 15 is 0 Å². The molecule has 0 saturated heterocycles. The van der Waals surface area contributed by atoms with Crippen molar-refractivity contribution in [2.24, 2.45) is 4.99 Å². The van der Waals surface area contributed by atoms with Gasteiger partial charge in [0.2, 0.25) is 5.91 Å². The summed E-state index contributed by atoms with van der Waals surface area (Å²) < 4.78 is 0. The Morgan fingerprint density at radius 2 is 1.79 bits per heavy atom. The van der Waals surface area contributed by atoms with Crippen LogP contribution >= 0.6 is 11.8 Å². The van der Waals surface area contributed by atoms with E-state index in [-0.39, 0.29) is 11.6 Å². The van der Waals surface area contributed by atoms with Crippen LogP contribution in [0.4, 0.5) is 11.4 Å². The van der Waals surface area contributed by atoms with Crippen molar-refractivity contribution in [2.45, 2.75) is 57.5 Å². The summed E-state index contributed by atoms with van der Waals surface area (Å²) in [6.07, 6.45) is 8.07. The Morgan fingerprint density at radius 3 is 2.52 bits per heavy atom. The molecule has 1 aliphatic heterocycles. The van der Waals surface area contributed by atoms with Crippen molar-refractivity contribution in [3.63, 3.8) is 0 Å². The number of carbonyl (C=O) groups excluding carboxylic acids is 1. The van der Waals surface area contributed by atoms with Crippen molar-refractivity contribution >= 4 is 34.1 Å². The minimum atomic E-state index is -0.209. The van der Waals surface area contributed by atoms with Crippen LogP contribution in [-0.2, 0) is 11.2 Å². The molecule has 1 saturated carbocycles. The van der Waals surface area contributed by atoms with Crippen LogP contribution in [0.5, 0.6) is 0 Å². The normalized spacial score (nSPS) is 17.6. The molecule has 29 heavy (non-hydrogen) atoms. The number of anilines is 2. The molecule has 5 heteroatoms. The first-order valence-electron chi connectivity index (χ1n) is 10.7. The van der Waals surface area contributed by atoms with Gasteiger partial charge in [-0.05, 0) is 55.9 Å². The lowest BCUT2D eigenvalue weighted by molar-refractivity contribution is -0.113. The minimum Gasteiger partial charge on any atom is -0.361 e. The van der Waals surface area contributed by atoms with E-state index in [2.05, 4.69) is 47.9 Å². The zero-order valence-electron chi connectivity index (χ0n) is 17.0. The van der Waals surface area contributed by atoms with E-state index in [0.717, 1.165) is 41.2 Å². The summed E-state index contributed by atoms with van der Waals surface area (Å²) >= 11 is 1.55. The van der Waals surface area contributed by atoms with Crippen LogP contribution in [0.3, 0.4) is 0 Å². The van der Waals surface area contributed by atoms with Crippen LogP contribution in [0.2, 0.25) is 0 Å². The number of aryl methyl sites for hydroxylation is 1. The quantitative estimate of drug-likeness (QED) is 0.669. The number of para-hydroxylation sites is 1. The van der Waals surface area contributed by atoms with Gasteiger partial charge in [-0.15, -0.1) is 0 Å². The molecular weight excluding hydrogens is 378 g/mol. The highest BCUT2D eigenvalue weighted by Crippen LogP contribution is 2.38. The molecule has 4 rings (SSSR count). The Hall–Kier alpha value is -2.27. The summed E-state index contributed by atoms with van der Waals surface area (Å²) in [5, 5.41) is 7.71. The molecule has 1 heterocycles. The summed E-state index contributed by atoms with van der Waals surface area (Å²) in [6.45, 7) is 2.13. The average molecular weight is 408 g/mol. The number of fused-ring (bicyclic) bond motifs is 1. The van der Waals surface area contributed by atoms with Gasteiger partial charge in [0.25, 0.3) is 0 Å². The van der Waals surface area contributed by atoms with Gasteiger partial charge in [0.15, 0.2) is 0 Å². The Bertz CT molecular complexity index is 883. The molecule has 1 fully saturated rings. The van der Waals surface area contributed by atoms with Crippen LogP contribution in [0.15, 0.2) is 53.5 Å². The van der Waals surface area contributed by atoms with Gasteiger partial charge in [0.1, 0.15) is 10.7 Å². The fraction of sp³-hybridized carbons (Fsp3) is 0.417. The van der Waals surface area contributed by atoms with Gasteiger partial charge >= 0.3 is 0 Å². The van der Waals surface area contributed by atoms with Crippen LogP contribution in [0.25, 0.3) is 0 Å². The van der Waals surface area contributed by atoms with Gasteiger partial charge < -0.3 is 10.6 Å². The second-order valence-electron chi connectivity index (χ2n) is 7.92. The fourth-order valence-corrected chi connectivity index (χ4v) is 5.04. The lowest BCUT2D eigenvalue weighted by Crippen LogP contribution is -2.40. The Morgan fingerprint density at radius 1 is 1.07 bits per heavy atom. The maximum Gasteiger partial charge on any atom is 0.234 e. The third-order valence-corrected chi connectivity index (χ3v) is 6.75. The number of thioether (sulfide) groups is 1. The largest absolute Gasteiger partial charge is 0.361 e. The van der Waals surface area contributed by atoms with E-state index < -0.39 is 0 Å². The second-order valence-corrected chi connectivity index (χ2v) is 8.88. The zero-order valence-corrected chi connectivity index (χ0v) is 17.9. The highest BCUT2D eigenvalue weighted by atomic mass is 32.2. The molecule has 2 aromatic rings. The SMILES string of the molecule is CCc1ccc(NC(=O)CSC2=NC3(CCCCCC3)Nc3ccccc32)cc1. The predicted octanol–water partition coefficient (Wildman–Crippen LogP) is 5.84. The molecule has 0 unspecified atom stereocenters. The lowest BCUT2D eigenvalue weighted by atomic mass is 9.97. The van der Waals surface area contributed by atoms with Crippen LogP contribution in [0, 0.1) is 0 Å². The highest BCUT2D eigenvalue weighted by Gasteiger charge is 2.35. The third-order valence-electron chi connectivity index (χ3n) is 5.76. The third kappa shape index (κ3) is 4.84. The van der Waals surface area contributed by atoms with Crippen LogP contribution in [-0.4, -0.2) is 22.4 Å². The summed E-state index contributed by atoms with van der Waals surface area (Å²) in [6, 6.07) is 16.4. The van der Waals surface area contributed by atoms with E-state index in [4.69, 9.17) is 4.99 Å². The first-order chi connectivity index (χ1) is 14.2. The molecule has 152 valence electrons. The second kappa shape index (κ2) is 9.04. The molecule has 0 bridgehead atoms. The fourth-order valence-electron chi connectivity index (χ4n) is 4.13. The molecule has 1 spiro atoms. The molecule has 0 aromatic heterocycles. The van der Waals surface area contributed by atoms with Gasteiger partial charge in [-0.2, -0.15) is 0 Å². The number of nitrogens with zero attached hydrogens (tertiary/aromatic N) is 1.